The molecule has 2 heteroatoms. The number of anilines is 3. The first-order valence-electron chi connectivity index (χ1n) is 23.2. The maximum atomic E-state index is 4.09. The largest absolute Gasteiger partial charge is 0.309 e. The lowest BCUT2D eigenvalue weighted by molar-refractivity contribution is 0.589. The molecular weight excluding hydrogens is 851 g/mol. The van der Waals surface area contributed by atoms with Crippen molar-refractivity contribution < 1.29 is 0 Å². The van der Waals surface area contributed by atoms with Crippen LogP contribution < -0.4 is 4.90 Å². The Labute approximate surface area is 397 Å². The van der Waals surface area contributed by atoms with Crippen molar-refractivity contribution in [1.82, 2.24) is 0 Å². The Morgan fingerprint density at radius 1 is 0.369 bits per heavy atom. The maximum Gasteiger partial charge on any atom is 0.0618 e. The molecule has 0 saturated carbocycles. The molecule has 0 amide bonds. The van der Waals surface area contributed by atoms with E-state index in [9.17, 15) is 0 Å². The second-order valence-corrected chi connectivity index (χ2v) is 22.6. The molecule has 1 nitrogen and oxygen atoms in total. The smallest absolute Gasteiger partial charge is 0.0618 e. The van der Waals surface area contributed by atoms with Gasteiger partial charge in [-0.1, -0.05) is 226 Å². The molecule has 65 heavy (non-hydrogen) atoms. The van der Waals surface area contributed by atoms with Gasteiger partial charge in [0.25, 0.3) is 0 Å². The lowest BCUT2D eigenvalue weighted by Crippen LogP contribution is -2.17. The molecule has 0 N–H and O–H groups in total. The molecule has 0 bridgehead atoms. The van der Waals surface area contributed by atoms with Crippen LogP contribution in [0.1, 0.15) is 104 Å². The minimum Gasteiger partial charge on any atom is -0.309 e. The van der Waals surface area contributed by atoms with Gasteiger partial charge in [0.05, 0.1) is 5.69 Å². The third-order valence-electron chi connectivity index (χ3n) is 13.6. The van der Waals surface area contributed by atoms with Crippen LogP contribution in [0.25, 0.3) is 55.6 Å². The summed E-state index contributed by atoms with van der Waals surface area (Å²) >= 11 is 4.09. The van der Waals surface area contributed by atoms with E-state index in [1.54, 1.807) is 0 Å². The standard InChI is InChI=1S/C63H62BrN/c1-60(2,3)46-24-17-22-43(34-46)41-30-32-50(33-31-41)65(51-37-45(36-49(64)40-51)52-27-19-29-57-58(52)53-26-15-16-28-56(53)63(57,10)11)59-54(42-20-13-12-14-21-42)38-48(62(7,8)9)39-55(59)44-23-18-25-47(35-44)61(4,5)6/h12-40H,1-11H3. The zero-order chi connectivity index (χ0) is 46.1. The normalized spacial score (nSPS) is 13.4. The van der Waals surface area contributed by atoms with E-state index in [1.807, 2.05) is 0 Å². The van der Waals surface area contributed by atoms with Gasteiger partial charge in [-0.25, -0.2) is 0 Å². The highest BCUT2D eigenvalue weighted by atomic mass is 79.9. The number of fused-ring (bicyclic) bond motifs is 3. The Bertz CT molecular complexity index is 3060. The van der Waals surface area contributed by atoms with Crippen molar-refractivity contribution in [2.75, 3.05) is 4.90 Å². The predicted molar refractivity (Wildman–Crippen MR) is 284 cm³/mol. The van der Waals surface area contributed by atoms with Crippen molar-refractivity contribution in [3.05, 3.63) is 208 Å². The van der Waals surface area contributed by atoms with Crippen LogP contribution in [0, 0.1) is 0 Å². The number of benzene rings is 8. The van der Waals surface area contributed by atoms with E-state index >= 15 is 0 Å². The fourth-order valence-corrected chi connectivity index (χ4v) is 10.2. The van der Waals surface area contributed by atoms with Crippen molar-refractivity contribution in [3.63, 3.8) is 0 Å². The summed E-state index contributed by atoms with van der Waals surface area (Å²) in [5, 5.41) is 0. The first-order chi connectivity index (χ1) is 30.8. The summed E-state index contributed by atoms with van der Waals surface area (Å²) in [7, 11) is 0. The molecule has 0 fully saturated rings. The third-order valence-corrected chi connectivity index (χ3v) is 14.0. The summed E-state index contributed by atoms with van der Waals surface area (Å²) in [4.78, 5) is 2.53. The number of halogens is 1. The second-order valence-electron chi connectivity index (χ2n) is 21.7. The number of rotatable bonds is 7. The van der Waals surface area contributed by atoms with Gasteiger partial charge in [0, 0.05) is 32.4 Å². The van der Waals surface area contributed by atoms with Gasteiger partial charge in [-0.15, -0.1) is 0 Å². The topological polar surface area (TPSA) is 3.24 Å². The monoisotopic (exact) mass is 911 g/mol. The van der Waals surface area contributed by atoms with Crippen molar-refractivity contribution in [2.45, 2.75) is 97.8 Å². The van der Waals surface area contributed by atoms with E-state index in [4.69, 9.17) is 0 Å². The van der Waals surface area contributed by atoms with Crippen molar-refractivity contribution in [2.24, 2.45) is 0 Å². The van der Waals surface area contributed by atoms with Gasteiger partial charge >= 0.3 is 0 Å². The van der Waals surface area contributed by atoms with Gasteiger partial charge in [0.1, 0.15) is 0 Å². The predicted octanol–water partition coefficient (Wildman–Crippen LogP) is 18.8. The summed E-state index contributed by atoms with van der Waals surface area (Å²) in [5.41, 5.74) is 22.0. The summed E-state index contributed by atoms with van der Waals surface area (Å²) < 4.78 is 1.03. The molecule has 0 spiro atoms. The van der Waals surface area contributed by atoms with E-state index < -0.39 is 0 Å². The van der Waals surface area contributed by atoms with Crippen LogP contribution in [-0.4, -0.2) is 0 Å². The van der Waals surface area contributed by atoms with Crippen molar-refractivity contribution in [1.29, 1.82) is 0 Å². The fourth-order valence-electron chi connectivity index (χ4n) is 9.75. The van der Waals surface area contributed by atoms with E-state index in [0.717, 1.165) is 21.5 Å². The second kappa shape index (κ2) is 16.5. The highest BCUT2D eigenvalue weighted by Gasteiger charge is 2.37. The van der Waals surface area contributed by atoms with Crippen LogP contribution >= 0.6 is 15.9 Å². The molecule has 0 saturated heterocycles. The van der Waals surface area contributed by atoms with E-state index in [2.05, 4.69) is 273 Å². The van der Waals surface area contributed by atoms with Crippen LogP contribution in [0.2, 0.25) is 0 Å². The van der Waals surface area contributed by atoms with Crippen LogP contribution in [0.4, 0.5) is 17.1 Å². The summed E-state index contributed by atoms with van der Waals surface area (Å²) in [5.74, 6) is 0. The number of hydrogen-bond donors (Lipinski definition) is 0. The fraction of sp³-hybridized carbons (Fsp3) is 0.238. The van der Waals surface area contributed by atoms with E-state index in [-0.39, 0.29) is 21.7 Å². The average Bonchev–Trinajstić information content (AvgIpc) is 3.52. The zero-order valence-corrected chi connectivity index (χ0v) is 41.7. The molecule has 0 unspecified atom stereocenters. The molecule has 0 atom stereocenters. The Morgan fingerprint density at radius 2 is 0.892 bits per heavy atom. The van der Waals surface area contributed by atoms with Crippen LogP contribution in [0.15, 0.2) is 180 Å². The summed E-state index contributed by atoms with van der Waals surface area (Å²) in [6.07, 6.45) is 0. The molecule has 326 valence electrons. The molecule has 0 heterocycles. The molecule has 1 aliphatic rings. The lowest BCUT2D eigenvalue weighted by Gasteiger charge is -2.33. The average molecular weight is 913 g/mol. The van der Waals surface area contributed by atoms with Crippen molar-refractivity contribution in [3.8, 4) is 55.6 Å². The molecule has 9 rings (SSSR count). The summed E-state index contributed by atoms with van der Waals surface area (Å²) in [6.45, 7) is 25.5. The highest BCUT2D eigenvalue weighted by Crippen LogP contribution is 2.54. The number of nitrogens with zero attached hydrogens (tertiary/aromatic N) is 1. The lowest BCUT2D eigenvalue weighted by atomic mass is 9.80. The first kappa shape index (κ1) is 44.3. The molecule has 0 radical (unpaired) electrons. The zero-order valence-electron chi connectivity index (χ0n) is 40.1. The van der Waals surface area contributed by atoms with Crippen LogP contribution in [0.5, 0.6) is 0 Å². The van der Waals surface area contributed by atoms with Crippen LogP contribution in [0.3, 0.4) is 0 Å². The van der Waals surface area contributed by atoms with Gasteiger partial charge in [-0.3, -0.25) is 0 Å². The Balaban J connectivity index is 1.36. The SMILES string of the molecule is CC(C)(C)c1cccc(-c2ccc(N(c3cc(Br)cc(-c4cccc5c4-c4ccccc4C5(C)C)c3)c3c(-c4ccccc4)cc(C(C)(C)C)cc3-c3cccc(C(C)(C)C)c3)cc2)c1. The molecular formula is C63H62BrN. The van der Waals surface area contributed by atoms with E-state index in [0.29, 0.717) is 0 Å². The van der Waals surface area contributed by atoms with Gasteiger partial charge in [-0.2, -0.15) is 0 Å². The molecule has 1 aliphatic carbocycles. The van der Waals surface area contributed by atoms with Gasteiger partial charge in [0.15, 0.2) is 0 Å². The number of hydrogen-bond acceptors (Lipinski definition) is 1. The molecule has 0 aromatic heterocycles. The minimum atomic E-state index is -0.104. The minimum absolute atomic E-state index is 0.0256. The quantitative estimate of drug-likeness (QED) is 0.154. The van der Waals surface area contributed by atoms with Gasteiger partial charge < -0.3 is 4.90 Å². The molecule has 8 aromatic rings. The highest BCUT2D eigenvalue weighted by molar-refractivity contribution is 9.10. The third kappa shape index (κ3) is 8.43. The van der Waals surface area contributed by atoms with E-state index in [1.165, 1.54) is 83.5 Å². The Morgan fingerprint density at radius 3 is 1.54 bits per heavy atom. The summed E-state index contributed by atoms with van der Waals surface area (Å²) in [6, 6.07) is 66.3. The maximum absolute atomic E-state index is 4.09. The Hall–Kier alpha value is -5.96. The van der Waals surface area contributed by atoms with Gasteiger partial charge in [-0.05, 0) is 131 Å². The van der Waals surface area contributed by atoms with Crippen molar-refractivity contribution >= 4 is 33.0 Å². The molecule has 8 aromatic carbocycles. The molecule has 0 aliphatic heterocycles. The van der Waals surface area contributed by atoms with Crippen LogP contribution in [-0.2, 0) is 21.7 Å². The van der Waals surface area contributed by atoms with Gasteiger partial charge in [0.2, 0.25) is 0 Å². The Kier molecular flexibility index (Phi) is 11.2. The first-order valence-corrected chi connectivity index (χ1v) is 24.0.